The topological polar surface area (TPSA) is 122 Å². The highest BCUT2D eigenvalue weighted by atomic mass is 35.5. The number of nitrogens with zero attached hydrogens (tertiary/aromatic N) is 4. The van der Waals surface area contributed by atoms with Gasteiger partial charge in [-0.25, -0.2) is 9.67 Å². The Morgan fingerprint density at radius 3 is 3.05 bits per heavy atom. The zero-order valence-electron chi connectivity index (χ0n) is 11.8. The van der Waals surface area contributed by atoms with Gasteiger partial charge in [0.05, 0.1) is 18.1 Å². The van der Waals surface area contributed by atoms with Gasteiger partial charge in [-0.2, -0.15) is 10.1 Å². The number of anilines is 1. The molecule has 9 heteroatoms. The van der Waals surface area contributed by atoms with E-state index in [0.29, 0.717) is 40.5 Å². The molecule has 0 spiro atoms. The predicted molar refractivity (Wildman–Crippen MR) is 82.8 cm³/mol. The lowest BCUT2D eigenvalue weighted by Gasteiger charge is -2.01. The summed E-state index contributed by atoms with van der Waals surface area (Å²) in [5, 5.41) is 12.9. The van der Waals surface area contributed by atoms with Crippen LogP contribution in [0.15, 0.2) is 27.7 Å². The number of nitrogens with two attached hydrogens (primary N) is 1. The van der Waals surface area contributed by atoms with Crippen molar-refractivity contribution >= 4 is 34.4 Å². The average molecular weight is 320 g/mol. The standard InChI is InChI=1S/C13H14ClN7O/c1-7-2-3-9(22-7)10(15)18-11-8-6-17-21(5-4-14)12(8)20-13(16)19-11/h2-3,6H,4-5H2,1H3,(H4,15,16,18,19,20). The molecule has 0 saturated carbocycles. The number of nitrogens with one attached hydrogen (secondary N) is 2. The molecule has 0 atom stereocenters. The molecule has 0 aliphatic rings. The molecule has 0 aliphatic heterocycles. The second-order valence-electron chi connectivity index (χ2n) is 4.64. The van der Waals surface area contributed by atoms with Gasteiger partial charge in [0, 0.05) is 5.88 Å². The molecule has 3 aromatic heterocycles. The molecule has 22 heavy (non-hydrogen) atoms. The van der Waals surface area contributed by atoms with E-state index in [-0.39, 0.29) is 11.8 Å². The molecular weight excluding hydrogens is 306 g/mol. The maximum Gasteiger partial charge on any atom is 0.201 e. The number of rotatable bonds is 3. The number of alkyl halides is 1. The first kappa shape index (κ1) is 14.3. The van der Waals surface area contributed by atoms with E-state index < -0.39 is 0 Å². The summed E-state index contributed by atoms with van der Waals surface area (Å²) in [4.78, 5) is 11.3. The lowest BCUT2D eigenvalue weighted by Crippen LogP contribution is -2.16. The van der Waals surface area contributed by atoms with Crippen LogP contribution in [-0.4, -0.2) is 31.5 Å². The summed E-state index contributed by atoms with van der Waals surface area (Å²) >= 11 is 5.74. The average Bonchev–Trinajstić information content (AvgIpc) is 3.06. The van der Waals surface area contributed by atoms with E-state index in [1.54, 1.807) is 23.0 Å². The number of nitrogen functional groups attached to an aromatic ring is 1. The molecule has 114 valence electrons. The molecule has 0 radical (unpaired) electrons. The first-order valence-corrected chi connectivity index (χ1v) is 7.09. The molecule has 3 heterocycles. The molecule has 3 rings (SSSR count). The minimum absolute atomic E-state index is 0.0126. The van der Waals surface area contributed by atoms with Gasteiger partial charge in [0.2, 0.25) is 5.95 Å². The first-order chi connectivity index (χ1) is 10.6. The molecule has 0 aliphatic carbocycles. The van der Waals surface area contributed by atoms with Crippen LogP contribution in [0.2, 0.25) is 0 Å². The zero-order chi connectivity index (χ0) is 15.7. The Morgan fingerprint density at radius 1 is 1.55 bits per heavy atom. The fourth-order valence-electron chi connectivity index (χ4n) is 2.06. The number of hydrogen-bond donors (Lipinski definition) is 3. The molecule has 0 aromatic carbocycles. The highest BCUT2D eigenvalue weighted by molar-refractivity contribution is 6.17. The van der Waals surface area contributed by atoms with Crippen LogP contribution in [-0.2, 0) is 6.54 Å². The van der Waals surface area contributed by atoms with Gasteiger partial charge < -0.3 is 15.1 Å². The van der Waals surface area contributed by atoms with Crippen LogP contribution >= 0.6 is 11.6 Å². The van der Waals surface area contributed by atoms with Crippen molar-refractivity contribution in [1.29, 1.82) is 5.41 Å². The molecule has 3 aromatic rings. The van der Waals surface area contributed by atoms with Crippen LogP contribution in [0.4, 0.5) is 5.95 Å². The minimum atomic E-state index is -0.0126. The van der Waals surface area contributed by atoms with Gasteiger partial charge in [0.15, 0.2) is 17.2 Å². The van der Waals surface area contributed by atoms with Gasteiger partial charge in [0.25, 0.3) is 0 Å². The van der Waals surface area contributed by atoms with E-state index in [0.717, 1.165) is 0 Å². The largest absolute Gasteiger partial charge is 0.458 e. The number of furan rings is 1. The van der Waals surface area contributed by atoms with Crippen LogP contribution in [0.3, 0.4) is 0 Å². The summed E-state index contributed by atoms with van der Waals surface area (Å²) in [6.45, 7) is 2.32. The SMILES string of the molecule is Cc1ccc(C(=N)/N=c2\[nH]c(N)nc3c2cnn3CCCl)o1. The van der Waals surface area contributed by atoms with Crippen molar-refractivity contribution in [3.05, 3.63) is 35.3 Å². The number of amidine groups is 1. The lowest BCUT2D eigenvalue weighted by molar-refractivity contribution is 0.524. The molecule has 0 bridgehead atoms. The number of hydrogen-bond acceptors (Lipinski definition) is 5. The van der Waals surface area contributed by atoms with Crippen molar-refractivity contribution in [2.75, 3.05) is 11.6 Å². The molecule has 0 saturated heterocycles. The van der Waals surface area contributed by atoms with Gasteiger partial charge in [-0.05, 0) is 19.1 Å². The summed E-state index contributed by atoms with van der Waals surface area (Å²) in [6.07, 6.45) is 1.62. The van der Waals surface area contributed by atoms with Crippen LogP contribution < -0.4 is 11.2 Å². The molecule has 0 fully saturated rings. The van der Waals surface area contributed by atoms with Gasteiger partial charge in [-0.3, -0.25) is 5.41 Å². The van der Waals surface area contributed by atoms with E-state index in [2.05, 4.69) is 20.1 Å². The number of aryl methyl sites for hydroxylation is 2. The van der Waals surface area contributed by atoms with E-state index in [4.69, 9.17) is 27.2 Å². The Labute approximate surface area is 130 Å². The molecule has 4 N–H and O–H groups in total. The summed E-state index contributed by atoms with van der Waals surface area (Å²) in [5.74, 6) is 1.67. The lowest BCUT2D eigenvalue weighted by atomic mass is 10.4. The number of aromatic amines is 1. The molecule has 0 amide bonds. The first-order valence-electron chi connectivity index (χ1n) is 6.56. The third kappa shape index (κ3) is 2.60. The predicted octanol–water partition coefficient (Wildman–Crippen LogP) is 1.41. The summed E-state index contributed by atoms with van der Waals surface area (Å²) in [6, 6.07) is 3.47. The van der Waals surface area contributed by atoms with Gasteiger partial charge in [0.1, 0.15) is 11.2 Å². The Bertz CT molecular complexity index is 905. The molecule has 8 nitrogen and oxygen atoms in total. The zero-order valence-corrected chi connectivity index (χ0v) is 12.6. The minimum Gasteiger partial charge on any atom is -0.458 e. The van der Waals surface area contributed by atoms with Crippen LogP contribution in [0, 0.1) is 12.3 Å². The van der Waals surface area contributed by atoms with Gasteiger partial charge >= 0.3 is 0 Å². The van der Waals surface area contributed by atoms with Crippen LogP contribution in [0.1, 0.15) is 11.5 Å². The second-order valence-corrected chi connectivity index (χ2v) is 5.01. The Morgan fingerprint density at radius 2 is 2.36 bits per heavy atom. The maximum absolute atomic E-state index is 8.02. The number of halogens is 1. The van der Waals surface area contributed by atoms with E-state index in [9.17, 15) is 0 Å². The summed E-state index contributed by atoms with van der Waals surface area (Å²) < 4.78 is 7.03. The van der Waals surface area contributed by atoms with Gasteiger partial charge in [-0.1, -0.05) is 0 Å². The normalized spacial score (nSPS) is 12.2. The van der Waals surface area contributed by atoms with Crippen LogP contribution in [0.5, 0.6) is 0 Å². The van der Waals surface area contributed by atoms with E-state index in [1.165, 1.54) is 0 Å². The van der Waals surface area contributed by atoms with Crippen molar-refractivity contribution < 1.29 is 4.42 Å². The number of fused-ring (bicyclic) bond motifs is 1. The molecule has 0 unspecified atom stereocenters. The Balaban J connectivity index is 2.13. The maximum atomic E-state index is 8.02. The third-order valence-corrected chi connectivity index (χ3v) is 3.20. The van der Waals surface area contributed by atoms with Crippen molar-refractivity contribution in [3.8, 4) is 0 Å². The van der Waals surface area contributed by atoms with Crippen molar-refractivity contribution in [2.45, 2.75) is 13.5 Å². The van der Waals surface area contributed by atoms with Gasteiger partial charge in [-0.15, -0.1) is 11.6 Å². The third-order valence-electron chi connectivity index (χ3n) is 3.03. The fourth-order valence-corrected chi connectivity index (χ4v) is 2.22. The quantitative estimate of drug-likeness (QED) is 0.384. The van der Waals surface area contributed by atoms with Crippen molar-refractivity contribution in [1.82, 2.24) is 19.7 Å². The Kier molecular flexibility index (Phi) is 3.68. The highest BCUT2D eigenvalue weighted by Crippen LogP contribution is 2.09. The summed E-state index contributed by atoms with van der Waals surface area (Å²) in [5.41, 5.74) is 6.75. The smallest absolute Gasteiger partial charge is 0.201 e. The monoisotopic (exact) mass is 319 g/mol. The number of H-pyrrole nitrogens is 1. The highest BCUT2D eigenvalue weighted by Gasteiger charge is 2.10. The fraction of sp³-hybridized carbons (Fsp3) is 0.231. The molecular formula is C13H14ClN7O. The second kappa shape index (κ2) is 5.64. The summed E-state index contributed by atoms with van der Waals surface area (Å²) in [7, 11) is 0. The Hall–Kier alpha value is -2.61. The van der Waals surface area contributed by atoms with E-state index >= 15 is 0 Å². The van der Waals surface area contributed by atoms with Crippen molar-refractivity contribution in [2.24, 2.45) is 4.99 Å². The van der Waals surface area contributed by atoms with E-state index in [1.807, 2.05) is 6.92 Å². The van der Waals surface area contributed by atoms with Crippen molar-refractivity contribution in [3.63, 3.8) is 0 Å². The van der Waals surface area contributed by atoms with Crippen LogP contribution in [0.25, 0.3) is 11.0 Å². The number of aromatic nitrogens is 4.